The molecule has 8 nitrogen and oxygen atoms in total. The van der Waals surface area contributed by atoms with Crippen LogP contribution in [0.2, 0.25) is 5.02 Å². The van der Waals surface area contributed by atoms with Crippen molar-refractivity contribution in [2.75, 3.05) is 5.32 Å². The van der Waals surface area contributed by atoms with Crippen LogP contribution in [0.25, 0.3) is 5.78 Å². The largest absolute Gasteiger partial charge is 0.481 e. The van der Waals surface area contributed by atoms with E-state index in [1.807, 2.05) is 18.2 Å². The van der Waals surface area contributed by atoms with Gasteiger partial charge in [0.1, 0.15) is 10.8 Å². The van der Waals surface area contributed by atoms with E-state index in [1.165, 1.54) is 0 Å². The monoisotopic (exact) mass is 347 g/mol. The Morgan fingerprint density at radius 1 is 1.33 bits per heavy atom. The molecule has 9 heteroatoms. The quantitative estimate of drug-likeness (QED) is 0.749. The van der Waals surface area contributed by atoms with Gasteiger partial charge >= 0.3 is 0 Å². The van der Waals surface area contributed by atoms with Crippen molar-refractivity contribution in [1.29, 1.82) is 0 Å². The number of fused-ring (bicyclic) bond motifs is 1. The number of anilines is 1. The van der Waals surface area contributed by atoms with Gasteiger partial charge in [0.25, 0.3) is 17.2 Å². The van der Waals surface area contributed by atoms with Crippen molar-refractivity contribution in [1.82, 2.24) is 19.6 Å². The number of carbonyl (C=O) groups excluding carboxylic acids is 1. The summed E-state index contributed by atoms with van der Waals surface area (Å²) in [4.78, 5) is 32.3. The Kier molecular flexibility index (Phi) is 4.22. The molecule has 2 heterocycles. The van der Waals surface area contributed by atoms with Crippen LogP contribution in [-0.2, 0) is 4.79 Å². The summed E-state index contributed by atoms with van der Waals surface area (Å²) in [5, 5.41) is 5.18. The molecular weight excluding hydrogens is 334 g/mol. The van der Waals surface area contributed by atoms with E-state index >= 15 is 0 Å². The highest BCUT2D eigenvalue weighted by Gasteiger charge is 2.18. The predicted octanol–water partition coefficient (Wildman–Crippen LogP) is 1.79. The van der Waals surface area contributed by atoms with Crippen LogP contribution in [0.5, 0.6) is 5.75 Å². The second kappa shape index (κ2) is 6.32. The van der Waals surface area contributed by atoms with Gasteiger partial charge in [-0.2, -0.15) is 9.50 Å². The fourth-order valence-electron chi connectivity index (χ4n) is 2.03. The molecule has 0 radical (unpaired) electrons. The summed E-state index contributed by atoms with van der Waals surface area (Å²) in [6.45, 7) is 3.21. The molecule has 0 aliphatic rings. The molecule has 24 heavy (non-hydrogen) atoms. The molecule has 3 rings (SSSR count). The predicted molar refractivity (Wildman–Crippen MR) is 88.5 cm³/mol. The van der Waals surface area contributed by atoms with Gasteiger partial charge in [0.15, 0.2) is 6.10 Å². The first kappa shape index (κ1) is 16.0. The third-order valence-corrected chi connectivity index (χ3v) is 3.71. The minimum Gasteiger partial charge on any atom is -0.481 e. The van der Waals surface area contributed by atoms with E-state index < -0.39 is 17.6 Å². The third kappa shape index (κ3) is 3.09. The van der Waals surface area contributed by atoms with Gasteiger partial charge in [-0.25, -0.2) is 4.98 Å². The minimum atomic E-state index is -0.754. The number of hydrogen-bond acceptors (Lipinski definition) is 5. The molecule has 0 unspecified atom stereocenters. The summed E-state index contributed by atoms with van der Waals surface area (Å²) in [6.07, 6.45) is -0.754. The van der Waals surface area contributed by atoms with Crippen molar-refractivity contribution in [3.8, 4) is 5.75 Å². The normalized spacial score (nSPS) is 12.1. The average Bonchev–Trinajstić information content (AvgIpc) is 2.96. The lowest BCUT2D eigenvalue weighted by atomic mass is 10.3. The van der Waals surface area contributed by atoms with Crippen LogP contribution >= 0.6 is 11.6 Å². The van der Waals surface area contributed by atoms with E-state index in [1.54, 1.807) is 26.0 Å². The van der Waals surface area contributed by atoms with Crippen LogP contribution in [0, 0.1) is 6.92 Å². The fraction of sp³-hybridized carbons (Fsp3) is 0.200. The van der Waals surface area contributed by atoms with Crippen LogP contribution in [-0.4, -0.2) is 31.6 Å². The smallest absolute Gasteiger partial charge is 0.293 e. The van der Waals surface area contributed by atoms with E-state index in [0.29, 0.717) is 11.4 Å². The molecule has 0 fully saturated rings. The van der Waals surface area contributed by atoms with Gasteiger partial charge in [0, 0.05) is 0 Å². The number of halogens is 1. The van der Waals surface area contributed by atoms with Gasteiger partial charge in [-0.15, -0.1) is 0 Å². The molecule has 0 spiro atoms. The van der Waals surface area contributed by atoms with Crippen molar-refractivity contribution >= 4 is 29.2 Å². The standard InChI is InChI=1S/C15H14ClN5O3/c1-8-11(16)13(23)21-15(17-8)19-14(20-21)18-12(22)9(2)24-10-6-4-3-5-7-10/h3-7,9H,1-2H3,(H2,17,18,19,20,22)/t9-/m1/s1. The maximum Gasteiger partial charge on any atom is 0.293 e. The van der Waals surface area contributed by atoms with Crippen molar-refractivity contribution in [3.05, 3.63) is 51.4 Å². The lowest BCUT2D eigenvalue weighted by Gasteiger charge is -2.13. The van der Waals surface area contributed by atoms with Crippen molar-refractivity contribution in [3.63, 3.8) is 0 Å². The molecule has 2 aromatic heterocycles. The van der Waals surface area contributed by atoms with Crippen molar-refractivity contribution in [2.24, 2.45) is 0 Å². The number of para-hydroxylation sites is 1. The van der Waals surface area contributed by atoms with Gasteiger partial charge in [-0.1, -0.05) is 29.8 Å². The van der Waals surface area contributed by atoms with Crippen LogP contribution < -0.4 is 15.6 Å². The molecule has 0 bridgehead atoms. The maximum absolute atomic E-state index is 12.2. The molecule has 0 saturated carbocycles. The zero-order valence-corrected chi connectivity index (χ0v) is 13.7. The number of rotatable bonds is 4. The minimum absolute atomic E-state index is 0.00481. The van der Waals surface area contributed by atoms with Gasteiger partial charge in [0.2, 0.25) is 5.95 Å². The average molecular weight is 348 g/mol. The number of carbonyl (C=O) groups is 1. The van der Waals surface area contributed by atoms with Crippen molar-refractivity contribution < 1.29 is 9.53 Å². The number of benzene rings is 1. The van der Waals surface area contributed by atoms with E-state index in [4.69, 9.17) is 16.3 Å². The van der Waals surface area contributed by atoms with Crippen molar-refractivity contribution in [2.45, 2.75) is 20.0 Å². The zero-order chi connectivity index (χ0) is 17.3. The summed E-state index contributed by atoms with van der Waals surface area (Å²) in [5.74, 6) is 0.349. The number of amides is 1. The van der Waals surface area contributed by atoms with Crippen LogP contribution in [0.1, 0.15) is 12.6 Å². The Morgan fingerprint density at radius 2 is 2.04 bits per heavy atom. The molecule has 0 aliphatic heterocycles. The molecule has 1 amide bonds. The van der Waals surface area contributed by atoms with Gasteiger partial charge < -0.3 is 4.74 Å². The Hall–Kier alpha value is -2.87. The Morgan fingerprint density at radius 3 is 2.75 bits per heavy atom. The summed E-state index contributed by atoms with van der Waals surface area (Å²) < 4.78 is 6.59. The lowest BCUT2D eigenvalue weighted by Crippen LogP contribution is -2.30. The highest BCUT2D eigenvalue weighted by molar-refractivity contribution is 6.31. The first-order valence-electron chi connectivity index (χ1n) is 7.13. The Bertz CT molecular complexity index is 951. The number of aryl methyl sites for hydroxylation is 1. The van der Waals surface area contributed by atoms with Crippen LogP contribution in [0.3, 0.4) is 0 Å². The number of ether oxygens (including phenoxy) is 1. The second-order valence-electron chi connectivity index (χ2n) is 5.09. The number of nitrogens with zero attached hydrogens (tertiary/aromatic N) is 3. The van der Waals surface area contributed by atoms with E-state index in [0.717, 1.165) is 4.52 Å². The SMILES string of the molecule is Cc1nc2nc(NC(=O)[C@@H](C)Oc3ccccc3)[nH]n2c(=O)c1Cl. The molecule has 124 valence electrons. The number of nitrogens with one attached hydrogen (secondary N) is 2. The van der Waals surface area contributed by atoms with Crippen LogP contribution in [0.4, 0.5) is 5.95 Å². The molecule has 0 aliphatic carbocycles. The zero-order valence-electron chi connectivity index (χ0n) is 12.9. The molecule has 2 N–H and O–H groups in total. The topological polar surface area (TPSA) is 101 Å². The molecule has 1 aromatic carbocycles. The molecule has 0 saturated heterocycles. The second-order valence-corrected chi connectivity index (χ2v) is 5.46. The summed E-state index contributed by atoms with van der Waals surface area (Å²) in [6, 6.07) is 8.97. The van der Waals surface area contributed by atoms with E-state index in [9.17, 15) is 9.59 Å². The van der Waals surface area contributed by atoms with Gasteiger partial charge in [-0.3, -0.25) is 20.0 Å². The number of hydrogen-bond donors (Lipinski definition) is 2. The Labute approximate surface area is 141 Å². The van der Waals surface area contributed by atoms with Crippen LogP contribution in [0.15, 0.2) is 35.1 Å². The van der Waals surface area contributed by atoms with Gasteiger partial charge in [-0.05, 0) is 26.0 Å². The first-order chi connectivity index (χ1) is 11.5. The number of H-pyrrole nitrogens is 1. The molecule has 3 aromatic rings. The fourth-order valence-corrected chi connectivity index (χ4v) is 2.16. The summed E-state index contributed by atoms with van der Waals surface area (Å²) >= 11 is 5.86. The number of aromatic nitrogens is 4. The highest BCUT2D eigenvalue weighted by Crippen LogP contribution is 2.12. The van der Waals surface area contributed by atoms with Gasteiger partial charge in [0.05, 0.1) is 5.69 Å². The molecule has 1 atom stereocenters. The van der Waals surface area contributed by atoms with E-state index in [2.05, 4.69) is 20.4 Å². The Balaban J connectivity index is 1.78. The number of aromatic amines is 1. The first-order valence-corrected chi connectivity index (χ1v) is 7.51. The lowest BCUT2D eigenvalue weighted by molar-refractivity contribution is -0.122. The summed E-state index contributed by atoms with van der Waals surface area (Å²) in [7, 11) is 0. The maximum atomic E-state index is 12.2. The van der Waals surface area contributed by atoms with E-state index in [-0.39, 0.29) is 16.7 Å². The highest BCUT2D eigenvalue weighted by atomic mass is 35.5. The summed E-state index contributed by atoms with van der Waals surface area (Å²) in [5.41, 5.74) is -0.118. The third-order valence-electron chi connectivity index (χ3n) is 3.27. The molecular formula is C15H14ClN5O3.